The quantitative estimate of drug-likeness (QED) is 0.588. The van der Waals surface area contributed by atoms with Crippen molar-refractivity contribution in [3.63, 3.8) is 0 Å². The fraction of sp³-hybridized carbons (Fsp3) is 0.923. The van der Waals surface area contributed by atoms with Gasteiger partial charge in [0.2, 0.25) is 5.91 Å². The monoisotopic (exact) mass is 272 g/mol. The predicted octanol–water partition coefficient (Wildman–Crippen LogP) is 1.50. The molecule has 1 saturated carbocycles. The summed E-state index contributed by atoms with van der Waals surface area (Å²) in [7, 11) is 0. The van der Waals surface area contributed by atoms with E-state index in [0.717, 1.165) is 11.6 Å². The first kappa shape index (κ1) is 14.2. The Hall–Kier alpha value is -0.260. The topological polar surface area (TPSA) is 50.4 Å². The summed E-state index contributed by atoms with van der Waals surface area (Å²) in [6.45, 7) is 1.29. The van der Waals surface area contributed by atoms with Crippen molar-refractivity contribution in [2.75, 3.05) is 24.8 Å². The molecular formula is C13H24N2O2S. The second kappa shape index (κ2) is 8.02. The van der Waals surface area contributed by atoms with Gasteiger partial charge in [-0.05, 0) is 12.8 Å². The van der Waals surface area contributed by atoms with E-state index < -0.39 is 0 Å². The summed E-state index contributed by atoms with van der Waals surface area (Å²) in [6.07, 6.45) is 8.08. The van der Waals surface area contributed by atoms with Crippen LogP contribution in [0.4, 0.5) is 0 Å². The Morgan fingerprint density at radius 3 is 2.72 bits per heavy atom. The standard InChI is InChI=1S/C13H24N2O2S/c16-13(12-9-18-10-15-12)14-7-8-17-11-5-3-1-2-4-6-11/h11-12,15H,1-10H2,(H,14,16). The van der Waals surface area contributed by atoms with Crippen LogP contribution < -0.4 is 10.6 Å². The minimum Gasteiger partial charge on any atom is -0.376 e. The molecule has 1 heterocycles. The van der Waals surface area contributed by atoms with Crippen LogP contribution in [0.5, 0.6) is 0 Å². The smallest absolute Gasteiger partial charge is 0.238 e. The van der Waals surface area contributed by atoms with Crippen LogP contribution in [0.1, 0.15) is 38.5 Å². The van der Waals surface area contributed by atoms with Gasteiger partial charge in [0.05, 0.1) is 18.8 Å². The number of ether oxygens (including phenoxy) is 1. The van der Waals surface area contributed by atoms with Crippen LogP contribution in [0.15, 0.2) is 0 Å². The second-order valence-electron chi connectivity index (χ2n) is 5.05. The van der Waals surface area contributed by atoms with Gasteiger partial charge in [-0.1, -0.05) is 25.7 Å². The fourth-order valence-corrected chi connectivity index (χ4v) is 3.44. The lowest BCUT2D eigenvalue weighted by molar-refractivity contribution is -0.122. The molecule has 104 valence electrons. The highest BCUT2D eigenvalue weighted by Crippen LogP contribution is 2.19. The van der Waals surface area contributed by atoms with Gasteiger partial charge in [-0.15, -0.1) is 11.8 Å². The van der Waals surface area contributed by atoms with Crippen LogP contribution in [0.3, 0.4) is 0 Å². The van der Waals surface area contributed by atoms with Gasteiger partial charge in [0.1, 0.15) is 0 Å². The van der Waals surface area contributed by atoms with E-state index in [1.807, 2.05) is 0 Å². The van der Waals surface area contributed by atoms with Gasteiger partial charge in [0.25, 0.3) is 0 Å². The lowest BCUT2D eigenvalue weighted by atomic mass is 10.1. The number of thioether (sulfide) groups is 1. The zero-order chi connectivity index (χ0) is 12.6. The van der Waals surface area contributed by atoms with E-state index in [4.69, 9.17) is 4.74 Å². The SMILES string of the molecule is O=C(NCCOC1CCCCCC1)C1CSCN1. The molecule has 18 heavy (non-hydrogen) atoms. The number of rotatable bonds is 5. The van der Waals surface area contributed by atoms with Gasteiger partial charge in [-0.3, -0.25) is 10.1 Å². The Kier molecular flexibility index (Phi) is 6.31. The van der Waals surface area contributed by atoms with Crippen LogP contribution >= 0.6 is 11.8 Å². The average molecular weight is 272 g/mol. The van der Waals surface area contributed by atoms with E-state index in [0.29, 0.717) is 19.3 Å². The Morgan fingerprint density at radius 1 is 1.28 bits per heavy atom. The van der Waals surface area contributed by atoms with E-state index in [2.05, 4.69) is 10.6 Å². The van der Waals surface area contributed by atoms with Crippen molar-refractivity contribution in [3.8, 4) is 0 Å². The molecule has 0 spiro atoms. The lowest BCUT2D eigenvalue weighted by Gasteiger charge is -2.16. The van der Waals surface area contributed by atoms with Gasteiger partial charge >= 0.3 is 0 Å². The van der Waals surface area contributed by atoms with Gasteiger partial charge in [0, 0.05) is 18.2 Å². The lowest BCUT2D eigenvalue weighted by Crippen LogP contribution is -2.43. The molecule has 1 amide bonds. The van der Waals surface area contributed by atoms with Crippen molar-refractivity contribution in [1.29, 1.82) is 0 Å². The molecule has 1 aliphatic heterocycles. The number of nitrogens with one attached hydrogen (secondary N) is 2. The molecule has 1 saturated heterocycles. The highest BCUT2D eigenvalue weighted by atomic mass is 32.2. The van der Waals surface area contributed by atoms with Crippen molar-refractivity contribution < 1.29 is 9.53 Å². The molecule has 1 aliphatic carbocycles. The maximum absolute atomic E-state index is 11.7. The molecule has 2 aliphatic rings. The van der Waals surface area contributed by atoms with Crippen LogP contribution in [-0.2, 0) is 9.53 Å². The molecule has 0 bridgehead atoms. The molecule has 5 heteroatoms. The molecular weight excluding hydrogens is 248 g/mol. The first-order valence-corrected chi connectivity index (χ1v) is 8.22. The molecule has 0 aromatic carbocycles. The van der Waals surface area contributed by atoms with E-state index in [1.54, 1.807) is 11.8 Å². The first-order chi connectivity index (χ1) is 8.86. The molecule has 2 rings (SSSR count). The maximum atomic E-state index is 11.7. The Labute approximate surface area is 114 Å². The van der Waals surface area contributed by atoms with E-state index in [-0.39, 0.29) is 11.9 Å². The molecule has 1 atom stereocenters. The van der Waals surface area contributed by atoms with Crippen LogP contribution in [0.25, 0.3) is 0 Å². The van der Waals surface area contributed by atoms with Crippen molar-refractivity contribution in [2.24, 2.45) is 0 Å². The number of carbonyl (C=O) groups is 1. The fourth-order valence-electron chi connectivity index (χ4n) is 2.50. The number of carbonyl (C=O) groups excluding carboxylic acids is 1. The summed E-state index contributed by atoms with van der Waals surface area (Å²) in [5.74, 6) is 1.89. The van der Waals surface area contributed by atoms with E-state index in [1.165, 1.54) is 38.5 Å². The van der Waals surface area contributed by atoms with Crippen molar-refractivity contribution >= 4 is 17.7 Å². The average Bonchev–Trinajstić information content (AvgIpc) is 2.80. The zero-order valence-corrected chi connectivity index (χ0v) is 11.8. The third kappa shape index (κ3) is 4.78. The molecule has 2 fully saturated rings. The van der Waals surface area contributed by atoms with E-state index in [9.17, 15) is 4.79 Å². The Morgan fingerprint density at radius 2 is 2.06 bits per heavy atom. The van der Waals surface area contributed by atoms with Crippen molar-refractivity contribution in [2.45, 2.75) is 50.7 Å². The molecule has 0 radical (unpaired) electrons. The summed E-state index contributed by atoms with van der Waals surface area (Å²) in [5.41, 5.74) is 0. The molecule has 4 nitrogen and oxygen atoms in total. The van der Waals surface area contributed by atoms with Gasteiger partial charge < -0.3 is 10.1 Å². The van der Waals surface area contributed by atoms with Gasteiger partial charge in [0.15, 0.2) is 0 Å². The number of amides is 1. The van der Waals surface area contributed by atoms with Gasteiger partial charge in [-0.25, -0.2) is 0 Å². The Balaban J connectivity index is 1.53. The number of hydrogen-bond acceptors (Lipinski definition) is 4. The van der Waals surface area contributed by atoms with Crippen molar-refractivity contribution in [3.05, 3.63) is 0 Å². The number of hydrogen-bond donors (Lipinski definition) is 2. The first-order valence-electron chi connectivity index (χ1n) is 7.07. The molecule has 0 aromatic rings. The van der Waals surface area contributed by atoms with Crippen molar-refractivity contribution in [1.82, 2.24) is 10.6 Å². The minimum atomic E-state index is -0.00659. The second-order valence-corrected chi connectivity index (χ2v) is 6.08. The molecule has 1 unspecified atom stereocenters. The summed E-state index contributed by atoms with van der Waals surface area (Å²) in [4.78, 5) is 11.7. The highest BCUT2D eigenvalue weighted by molar-refractivity contribution is 7.99. The third-order valence-electron chi connectivity index (χ3n) is 3.59. The van der Waals surface area contributed by atoms with Crippen LogP contribution in [0, 0.1) is 0 Å². The van der Waals surface area contributed by atoms with E-state index >= 15 is 0 Å². The summed E-state index contributed by atoms with van der Waals surface area (Å²) in [6, 6.07) is -0.00659. The van der Waals surface area contributed by atoms with Crippen LogP contribution in [0.2, 0.25) is 0 Å². The molecule has 2 N–H and O–H groups in total. The maximum Gasteiger partial charge on any atom is 0.238 e. The zero-order valence-electron chi connectivity index (χ0n) is 11.0. The predicted molar refractivity (Wildman–Crippen MR) is 74.7 cm³/mol. The Bertz CT molecular complexity index is 249. The third-order valence-corrected chi connectivity index (χ3v) is 4.53. The largest absolute Gasteiger partial charge is 0.376 e. The summed E-state index contributed by atoms with van der Waals surface area (Å²) < 4.78 is 5.84. The van der Waals surface area contributed by atoms with Gasteiger partial charge in [-0.2, -0.15) is 0 Å². The highest BCUT2D eigenvalue weighted by Gasteiger charge is 2.21. The summed E-state index contributed by atoms with van der Waals surface area (Å²) in [5, 5.41) is 6.11. The molecule has 0 aromatic heterocycles. The van der Waals surface area contributed by atoms with Crippen LogP contribution in [-0.4, -0.2) is 42.8 Å². The minimum absolute atomic E-state index is 0.00659. The summed E-state index contributed by atoms with van der Waals surface area (Å²) >= 11 is 1.77. The normalized spacial score (nSPS) is 25.9.